The van der Waals surface area contributed by atoms with Crippen LogP contribution >= 0.6 is 0 Å². The normalized spacial score (nSPS) is 11.4. The Morgan fingerprint density at radius 2 is 1.60 bits per heavy atom. The number of rotatable bonds is 17. The van der Waals surface area contributed by atoms with Crippen LogP contribution in [0.15, 0.2) is 41.1 Å². The monoisotopic (exact) mass is 411 g/mol. The smallest absolute Gasteiger partial charge is 0.263 e. The molecule has 0 aliphatic heterocycles. The molecule has 164 valence electrons. The standard InChI is InChI=1S/C25H37N3O2/c1-2-3-4-5-6-7-8-9-10-11-12-13-14-15-16-19-23(29)25-26-21-24(30-25)22-18-17-20-27-28-22/h9-10,17-18,20-21H,2-8,11-16,19H2,1H3/b10-9-. The molecule has 0 unspecified atom stereocenters. The minimum absolute atomic E-state index is 0.0391. The van der Waals surface area contributed by atoms with E-state index >= 15 is 0 Å². The van der Waals surface area contributed by atoms with E-state index in [0.717, 1.165) is 12.8 Å². The molecular weight excluding hydrogens is 374 g/mol. The minimum atomic E-state index is -0.0391. The number of Topliss-reactive ketones (excluding diaryl/α,β-unsaturated/α-hetero) is 1. The fourth-order valence-corrected chi connectivity index (χ4v) is 3.42. The lowest BCUT2D eigenvalue weighted by Crippen LogP contribution is -1.98. The molecule has 5 heteroatoms. The van der Waals surface area contributed by atoms with Crippen LogP contribution in [0.5, 0.6) is 0 Å². The third-order valence-electron chi connectivity index (χ3n) is 5.23. The number of unbranched alkanes of at least 4 members (excludes halogenated alkanes) is 11. The van der Waals surface area contributed by atoms with E-state index in [1.807, 2.05) is 0 Å². The topological polar surface area (TPSA) is 68.9 Å². The molecule has 0 atom stereocenters. The Hall–Kier alpha value is -2.30. The van der Waals surface area contributed by atoms with Crippen molar-refractivity contribution in [3.8, 4) is 11.5 Å². The molecule has 0 bridgehead atoms. The van der Waals surface area contributed by atoms with E-state index in [2.05, 4.69) is 34.3 Å². The quantitative estimate of drug-likeness (QED) is 0.155. The van der Waals surface area contributed by atoms with Gasteiger partial charge in [0.2, 0.25) is 5.78 Å². The summed E-state index contributed by atoms with van der Waals surface area (Å²) in [4.78, 5) is 16.3. The molecule has 0 amide bonds. The van der Waals surface area contributed by atoms with Crippen molar-refractivity contribution in [2.45, 2.75) is 96.8 Å². The molecule has 5 nitrogen and oxygen atoms in total. The average molecular weight is 412 g/mol. The summed E-state index contributed by atoms with van der Waals surface area (Å²) >= 11 is 0. The summed E-state index contributed by atoms with van der Waals surface area (Å²) in [5.74, 6) is 0.616. The first-order chi connectivity index (χ1) is 14.8. The zero-order chi connectivity index (χ0) is 21.3. The fraction of sp³-hybridized carbons (Fsp3) is 0.600. The van der Waals surface area contributed by atoms with Crippen molar-refractivity contribution in [2.75, 3.05) is 0 Å². The summed E-state index contributed by atoms with van der Waals surface area (Å²) in [6.45, 7) is 2.26. The molecular formula is C25H37N3O2. The highest BCUT2D eigenvalue weighted by molar-refractivity contribution is 5.91. The molecule has 0 aliphatic rings. The van der Waals surface area contributed by atoms with E-state index in [9.17, 15) is 4.79 Å². The maximum absolute atomic E-state index is 12.2. The lowest BCUT2D eigenvalue weighted by Gasteiger charge is -2.00. The van der Waals surface area contributed by atoms with E-state index < -0.39 is 0 Å². The molecule has 0 aliphatic carbocycles. The Labute approximate surface area is 181 Å². The highest BCUT2D eigenvalue weighted by Crippen LogP contribution is 2.18. The molecule has 0 radical (unpaired) electrons. The summed E-state index contributed by atoms with van der Waals surface area (Å²) in [5.41, 5.74) is 0.588. The molecule has 30 heavy (non-hydrogen) atoms. The molecule has 0 N–H and O–H groups in total. The van der Waals surface area contributed by atoms with Gasteiger partial charge >= 0.3 is 0 Å². The second-order valence-corrected chi connectivity index (χ2v) is 7.90. The first-order valence-electron chi connectivity index (χ1n) is 11.7. The van der Waals surface area contributed by atoms with Crippen molar-refractivity contribution in [1.29, 1.82) is 0 Å². The lowest BCUT2D eigenvalue weighted by molar-refractivity contribution is 0.0946. The Balaban J connectivity index is 1.45. The summed E-state index contributed by atoms with van der Waals surface area (Å²) in [5, 5.41) is 7.78. The van der Waals surface area contributed by atoms with Crippen LogP contribution in [0.4, 0.5) is 0 Å². The van der Waals surface area contributed by atoms with Gasteiger partial charge in [0, 0.05) is 12.6 Å². The van der Waals surface area contributed by atoms with Gasteiger partial charge in [-0.05, 0) is 44.2 Å². The lowest BCUT2D eigenvalue weighted by atomic mass is 10.1. The molecule has 0 aromatic carbocycles. The van der Waals surface area contributed by atoms with Crippen molar-refractivity contribution in [2.24, 2.45) is 0 Å². The van der Waals surface area contributed by atoms with Gasteiger partial charge in [0.25, 0.3) is 5.89 Å². The molecule has 2 aromatic heterocycles. The van der Waals surface area contributed by atoms with Crippen molar-refractivity contribution in [3.63, 3.8) is 0 Å². The Bertz CT molecular complexity index is 725. The zero-order valence-electron chi connectivity index (χ0n) is 18.5. The third kappa shape index (κ3) is 9.95. The fourth-order valence-electron chi connectivity index (χ4n) is 3.42. The van der Waals surface area contributed by atoms with Crippen molar-refractivity contribution in [1.82, 2.24) is 15.2 Å². The number of hydrogen-bond donors (Lipinski definition) is 0. The van der Waals surface area contributed by atoms with Gasteiger partial charge in [-0.3, -0.25) is 4.79 Å². The summed E-state index contributed by atoms with van der Waals surface area (Å²) < 4.78 is 5.54. The van der Waals surface area contributed by atoms with Crippen molar-refractivity contribution in [3.05, 3.63) is 42.6 Å². The van der Waals surface area contributed by atoms with Gasteiger partial charge in [0.1, 0.15) is 5.69 Å². The average Bonchev–Trinajstić information content (AvgIpc) is 3.27. The largest absolute Gasteiger partial charge is 0.432 e. The Morgan fingerprint density at radius 3 is 2.27 bits per heavy atom. The number of ketones is 1. The zero-order valence-corrected chi connectivity index (χ0v) is 18.5. The van der Waals surface area contributed by atoms with Gasteiger partial charge in [0.15, 0.2) is 5.76 Å². The molecule has 0 saturated heterocycles. The molecule has 0 spiro atoms. The SMILES string of the molecule is CCCCCCCC/C=C\CCCCCCCC(=O)c1ncc(-c2cccnn2)o1. The van der Waals surface area contributed by atoms with Gasteiger partial charge < -0.3 is 4.42 Å². The summed E-state index contributed by atoms with van der Waals surface area (Å²) in [6.07, 6.45) is 24.5. The first-order valence-corrected chi connectivity index (χ1v) is 11.7. The van der Waals surface area contributed by atoms with Crippen LogP contribution in [0.25, 0.3) is 11.5 Å². The van der Waals surface area contributed by atoms with Gasteiger partial charge in [-0.2, -0.15) is 5.10 Å². The van der Waals surface area contributed by atoms with Gasteiger partial charge in [0.05, 0.1) is 6.20 Å². The first kappa shape index (κ1) is 24.0. The minimum Gasteiger partial charge on any atom is -0.432 e. The van der Waals surface area contributed by atoms with E-state index in [0.29, 0.717) is 17.9 Å². The van der Waals surface area contributed by atoms with Crippen LogP contribution in [0.2, 0.25) is 0 Å². The Kier molecular flexibility index (Phi) is 12.4. The highest BCUT2D eigenvalue weighted by atomic mass is 16.4. The maximum Gasteiger partial charge on any atom is 0.263 e. The van der Waals surface area contributed by atoms with E-state index in [1.54, 1.807) is 18.3 Å². The van der Waals surface area contributed by atoms with E-state index in [1.165, 1.54) is 76.8 Å². The molecule has 0 fully saturated rings. The summed E-state index contributed by atoms with van der Waals surface area (Å²) in [6, 6.07) is 3.56. The number of carbonyl (C=O) groups excluding carboxylic acids is 1. The number of oxazole rings is 1. The third-order valence-corrected chi connectivity index (χ3v) is 5.23. The van der Waals surface area contributed by atoms with Crippen LogP contribution < -0.4 is 0 Å². The number of allylic oxidation sites excluding steroid dienone is 2. The number of hydrogen-bond acceptors (Lipinski definition) is 5. The molecule has 0 saturated carbocycles. The predicted octanol–water partition coefficient (Wildman–Crippen LogP) is 7.35. The number of nitrogens with zero attached hydrogens (tertiary/aromatic N) is 3. The van der Waals surface area contributed by atoms with Gasteiger partial charge in [-0.15, -0.1) is 5.10 Å². The second kappa shape index (κ2) is 15.5. The summed E-state index contributed by atoms with van der Waals surface area (Å²) in [7, 11) is 0. The number of carbonyl (C=O) groups is 1. The van der Waals surface area contributed by atoms with Crippen LogP contribution in [-0.4, -0.2) is 21.0 Å². The van der Waals surface area contributed by atoms with Crippen molar-refractivity contribution < 1.29 is 9.21 Å². The van der Waals surface area contributed by atoms with Crippen LogP contribution in [-0.2, 0) is 0 Å². The van der Waals surface area contributed by atoms with E-state index in [-0.39, 0.29) is 11.7 Å². The molecule has 2 rings (SSSR count). The molecule has 2 aromatic rings. The Morgan fingerprint density at radius 1 is 0.933 bits per heavy atom. The molecule has 2 heterocycles. The second-order valence-electron chi connectivity index (χ2n) is 7.90. The van der Waals surface area contributed by atoms with Gasteiger partial charge in [-0.25, -0.2) is 4.98 Å². The van der Waals surface area contributed by atoms with Crippen LogP contribution in [0.1, 0.15) is 108 Å². The van der Waals surface area contributed by atoms with Gasteiger partial charge in [-0.1, -0.05) is 70.4 Å². The van der Waals surface area contributed by atoms with Crippen LogP contribution in [0.3, 0.4) is 0 Å². The highest BCUT2D eigenvalue weighted by Gasteiger charge is 2.14. The van der Waals surface area contributed by atoms with E-state index in [4.69, 9.17) is 4.42 Å². The van der Waals surface area contributed by atoms with Crippen LogP contribution in [0, 0.1) is 0 Å². The maximum atomic E-state index is 12.2. The number of aromatic nitrogens is 3. The van der Waals surface area contributed by atoms with Crippen molar-refractivity contribution >= 4 is 5.78 Å². The predicted molar refractivity (Wildman–Crippen MR) is 121 cm³/mol.